The number of ketones is 1. The molecule has 0 spiro atoms. The van der Waals surface area contributed by atoms with E-state index in [0.717, 1.165) is 18.9 Å². The van der Waals surface area contributed by atoms with Crippen molar-refractivity contribution in [3.05, 3.63) is 33.9 Å². The molecule has 1 aliphatic rings. The average molecular weight is 278 g/mol. The van der Waals surface area contributed by atoms with Crippen molar-refractivity contribution in [2.45, 2.75) is 25.8 Å². The second-order valence-corrected chi connectivity index (χ2v) is 4.69. The van der Waals surface area contributed by atoms with Gasteiger partial charge in [-0.3, -0.25) is 14.9 Å². The quantitative estimate of drug-likeness (QED) is 0.485. The summed E-state index contributed by atoms with van der Waals surface area (Å²) in [6, 6.07) is 4.36. The van der Waals surface area contributed by atoms with E-state index in [1.165, 1.54) is 19.1 Å². The summed E-state index contributed by atoms with van der Waals surface area (Å²) in [6.07, 6.45) is 1.97. The number of rotatable bonds is 6. The Bertz CT molecular complexity index is 566. The highest BCUT2D eigenvalue weighted by molar-refractivity contribution is 5.93. The van der Waals surface area contributed by atoms with E-state index in [-0.39, 0.29) is 29.7 Å². The Morgan fingerprint density at radius 2 is 2.15 bits per heavy atom. The summed E-state index contributed by atoms with van der Waals surface area (Å²) in [5.41, 5.74) is 0.272. The molecule has 20 heavy (non-hydrogen) atoms. The molecular formula is C13H14N2O5. The molecule has 2 rings (SSSR count). The van der Waals surface area contributed by atoms with Crippen molar-refractivity contribution in [1.82, 2.24) is 0 Å². The number of carbonyl (C=O) groups is 2. The number of nitro benzene ring substituents is 1. The van der Waals surface area contributed by atoms with Gasteiger partial charge in [0.1, 0.15) is 12.3 Å². The molecule has 0 unspecified atom stereocenters. The van der Waals surface area contributed by atoms with Gasteiger partial charge in [-0.1, -0.05) is 0 Å². The SMILES string of the molecule is CC(=O)COC(=O)c1ccc(NC2CC2)c([N+](=O)[O-])c1. The molecule has 0 atom stereocenters. The predicted molar refractivity (Wildman–Crippen MR) is 70.7 cm³/mol. The number of nitro groups is 1. The van der Waals surface area contributed by atoms with Crippen molar-refractivity contribution in [1.29, 1.82) is 0 Å². The van der Waals surface area contributed by atoms with Gasteiger partial charge >= 0.3 is 5.97 Å². The standard InChI is InChI=1S/C13H14N2O5/c1-8(16)7-20-13(17)9-2-5-11(14-10-3-4-10)12(6-9)15(18)19/h2,5-6,10,14H,3-4,7H2,1H3. The van der Waals surface area contributed by atoms with Crippen LogP contribution in [0.4, 0.5) is 11.4 Å². The molecule has 0 amide bonds. The zero-order chi connectivity index (χ0) is 14.7. The number of carbonyl (C=O) groups excluding carboxylic acids is 2. The topological polar surface area (TPSA) is 98.5 Å². The molecule has 0 radical (unpaired) electrons. The molecule has 0 aromatic heterocycles. The van der Waals surface area contributed by atoms with Gasteiger partial charge < -0.3 is 10.1 Å². The maximum atomic E-state index is 11.7. The highest BCUT2D eigenvalue weighted by atomic mass is 16.6. The largest absolute Gasteiger partial charge is 0.454 e. The number of Topliss-reactive ketones (excluding diaryl/α,β-unsaturated/α-hetero) is 1. The summed E-state index contributed by atoms with van der Waals surface area (Å²) < 4.78 is 4.73. The van der Waals surface area contributed by atoms with Crippen LogP contribution in [0.25, 0.3) is 0 Å². The first-order chi connectivity index (χ1) is 9.47. The highest BCUT2D eigenvalue weighted by Crippen LogP contribution is 2.31. The third kappa shape index (κ3) is 3.53. The lowest BCUT2D eigenvalue weighted by atomic mass is 10.1. The van der Waals surface area contributed by atoms with Gasteiger partial charge in [0, 0.05) is 12.1 Å². The summed E-state index contributed by atoms with van der Waals surface area (Å²) in [4.78, 5) is 32.9. The van der Waals surface area contributed by atoms with Crippen molar-refractivity contribution in [2.75, 3.05) is 11.9 Å². The first kappa shape index (κ1) is 14.0. The van der Waals surface area contributed by atoms with Crippen LogP contribution in [-0.2, 0) is 9.53 Å². The molecule has 1 saturated carbocycles. The van der Waals surface area contributed by atoms with Gasteiger partial charge in [0.05, 0.1) is 10.5 Å². The molecule has 106 valence electrons. The van der Waals surface area contributed by atoms with Crippen molar-refractivity contribution < 1.29 is 19.2 Å². The molecule has 7 nitrogen and oxygen atoms in total. The molecule has 0 bridgehead atoms. The summed E-state index contributed by atoms with van der Waals surface area (Å²) in [7, 11) is 0. The molecule has 1 fully saturated rings. The number of anilines is 1. The third-order valence-corrected chi connectivity index (χ3v) is 2.77. The number of benzene rings is 1. The van der Waals surface area contributed by atoms with Crippen LogP contribution < -0.4 is 5.32 Å². The minimum atomic E-state index is -0.749. The van der Waals surface area contributed by atoms with Gasteiger partial charge in [0.25, 0.3) is 5.69 Å². The molecule has 7 heteroatoms. The van der Waals surface area contributed by atoms with Crippen LogP contribution in [-0.4, -0.2) is 29.3 Å². The molecule has 0 saturated heterocycles. The Balaban J connectivity index is 2.17. The van der Waals surface area contributed by atoms with E-state index >= 15 is 0 Å². The Morgan fingerprint density at radius 1 is 1.45 bits per heavy atom. The van der Waals surface area contributed by atoms with E-state index in [4.69, 9.17) is 4.74 Å². The van der Waals surface area contributed by atoms with E-state index < -0.39 is 10.9 Å². The predicted octanol–water partition coefficient (Wildman–Crippen LogP) is 1.91. The van der Waals surface area contributed by atoms with E-state index in [1.54, 1.807) is 0 Å². The molecule has 0 aliphatic heterocycles. The lowest BCUT2D eigenvalue weighted by Crippen LogP contribution is -2.12. The minimum Gasteiger partial charge on any atom is -0.454 e. The van der Waals surface area contributed by atoms with Gasteiger partial charge in [-0.15, -0.1) is 0 Å². The van der Waals surface area contributed by atoms with E-state index in [2.05, 4.69) is 5.32 Å². The smallest absolute Gasteiger partial charge is 0.338 e. The van der Waals surface area contributed by atoms with Crippen molar-refractivity contribution in [3.8, 4) is 0 Å². The zero-order valence-corrected chi connectivity index (χ0v) is 10.9. The highest BCUT2D eigenvalue weighted by Gasteiger charge is 2.25. The summed E-state index contributed by atoms with van der Waals surface area (Å²) in [5.74, 6) is -1.04. The van der Waals surface area contributed by atoms with E-state index in [0.29, 0.717) is 5.69 Å². The fraction of sp³-hybridized carbons (Fsp3) is 0.385. The molecular weight excluding hydrogens is 264 g/mol. The summed E-state index contributed by atoms with van der Waals surface area (Å²) in [5, 5.41) is 14.1. The van der Waals surface area contributed by atoms with Gasteiger partial charge in [0.15, 0.2) is 5.78 Å². The third-order valence-electron chi connectivity index (χ3n) is 2.77. The number of esters is 1. The summed E-state index contributed by atoms with van der Waals surface area (Å²) >= 11 is 0. The van der Waals surface area contributed by atoms with Crippen LogP contribution in [0.2, 0.25) is 0 Å². The number of nitrogens with zero attached hydrogens (tertiary/aromatic N) is 1. The molecule has 1 aromatic rings. The Hall–Kier alpha value is -2.44. The van der Waals surface area contributed by atoms with E-state index in [1.807, 2.05) is 0 Å². The van der Waals surface area contributed by atoms with Crippen molar-refractivity contribution >= 4 is 23.1 Å². The van der Waals surface area contributed by atoms with Gasteiger partial charge in [0.2, 0.25) is 0 Å². The monoisotopic (exact) mass is 278 g/mol. The molecule has 0 heterocycles. The fourth-order valence-electron chi connectivity index (χ4n) is 1.63. The number of hydrogen-bond donors (Lipinski definition) is 1. The van der Waals surface area contributed by atoms with Gasteiger partial charge in [-0.25, -0.2) is 4.79 Å². The fourth-order valence-corrected chi connectivity index (χ4v) is 1.63. The van der Waals surface area contributed by atoms with E-state index in [9.17, 15) is 19.7 Å². The van der Waals surface area contributed by atoms with Crippen LogP contribution in [0, 0.1) is 10.1 Å². The Labute approximate surface area is 115 Å². The first-order valence-electron chi connectivity index (χ1n) is 6.19. The second-order valence-electron chi connectivity index (χ2n) is 4.69. The summed E-state index contributed by atoms with van der Waals surface area (Å²) in [6.45, 7) is 0.951. The van der Waals surface area contributed by atoms with Crippen molar-refractivity contribution in [3.63, 3.8) is 0 Å². The van der Waals surface area contributed by atoms with Gasteiger partial charge in [-0.05, 0) is 31.9 Å². The Kier molecular flexibility index (Phi) is 3.97. The van der Waals surface area contributed by atoms with Crippen LogP contribution >= 0.6 is 0 Å². The lowest BCUT2D eigenvalue weighted by Gasteiger charge is -2.07. The van der Waals surface area contributed by atoms with Crippen LogP contribution in [0.1, 0.15) is 30.1 Å². The minimum absolute atomic E-state index is 0.0549. The number of nitrogens with one attached hydrogen (secondary N) is 1. The van der Waals surface area contributed by atoms with Crippen LogP contribution in [0.15, 0.2) is 18.2 Å². The molecule has 1 aliphatic carbocycles. The normalized spacial score (nSPS) is 13.7. The number of hydrogen-bond acceptors (Lipinski definition) is 6. The zero-order valence-electron chi connectivity index (χ0n) is 10.9. The maximum absolute atomic E-state index is 11.7. The van der Waals surface area contributed by atoms with Crippen LogP contribution in [0.3, 0.4) is 0 Å². The lowest BCUT2D eigenvalue weighted by molar-refractivity contribution is -0.384. The second kappa shape index (κ2) is 5.68. The van der Waals surface area contributed by atoms with Crippen molar-refractivity contribution in [2.24, 2.45) is 0 Å². The van der Waals surface area contributed by atoms with Gasteiger partial charge in [-0.2, -0.15) is 0 Å². The number of ether oxygens (including phenoxy) is 1. The average Bonchev–Trinajstić information content (AvgIpc) is 3.20. The Morgan fingerprint density at radius 3 is 2.70 bits per heavy atom. The maximum Gasteiger partial charge on any atom is 0.338 e. The molecule has 1 aromatic carbocycles. The first-order valence-corrected chi connectivity index (χ1v) is 6.19. The molecule has 1 N–H and O–H groups in total. The van der Waals surface area contributed by atoms with Crippen LogP contribution in [0.5, 0.6) is 0 Å².